The number of hydrogen-bond acceptors (Lipinski definition) is 2. The van der Waals surface area contributed by atoms with E-state index in [1.807, 2.05) is 22.6 Å². The Morgan fingerprint density at radius 1 is 1.29 bits per heavy atom. The third-order valence-corrected chi connectivity index (χ3v) is 3.32. The van der Waals surface area contributed by atoms with Crippen molar-refractivity contribution in [3.05, 3.63) is 62.2 Å². The zero-order valence-electron chi connectivity index (χ0n) is 8.45. The van der Waals surface area contributed by atoms with Gasteiger partial charge in [0.15, 0.2) is 5.78 Å². The molecule has 0 aliphatic heterocycles. The number of benzene rings is 1. The fraction of sp³-hybridized carbons (Fsp3) is 0. The predicted octanol–water partition coefficient (Wildman–Crippen LogP) is 3.71. The SMILES string of the molecule is O=C(c1cncc(F)c1)c1cc(Cl)ccc1I. The van der Waals surface area contributed by atoms with E-state index in [-0.39, 0.29) is 11.3 Å². The standard InChI is InChI=1S/C12H6ClFINO/c13-8-1-2-11(15)10(4-8)12(17)7-3-9(14)6-16-5-7/h1-6H. The fourth-order valence-corrected chi connectivity index (χ4v) is 2.12. The van der Waals surface area contributed by atoms with Crippen LogP contribution in [-0.2, 0) is 0 Å². The number of nitrogens with zero attached hydrogens (tertiary/aromatic N) is 1. The highest BCUT2D eigenvalue weighted by atomic mass is 127. The zero-order chi connectivity index (χ0) is 12.4. The van der Waals surface area contributed by atoms with Crippen molar-refractivity contribution in [2.24, 2.45) is 0 Å². The third kappa shape index (κ3) is 2.81. The molecule has 0 unspecified atom stereocenters. The van der Waals surface area contributed by atoms with Crippen LogP contribution >= 0.6 is 34.2 Å². The van der Waals surface area contributed by atoms with Crippen LogP contribution in [0, 0.1) is 9.39 Å². The quantitative estimate of drug-likeness (QED) is 0.603. The Labute approximate surface area is 116 Å². The van der Waals surface area contributed by atoms with E-state index in [1.165, 1.54) is 6.20 Å². The van der Waals surface area contributed by atoms with Gasteiger partial charge in [0.1, 0.15) is 5.82 Å². The molecule has 17 heavy (non-hydrogen) atoms. The minimum absolute atomic E-state index is 0.213. The van der Waals surface area contributed by atoms with Gasteiger partial charge in [0.25, 0.3) is 0 Å². The summed E-state index contributed by atoms with van der Waals surface area (Å²) in [7, 11) is 0. The molecule has 0 atom stereocenters. The van der Waals surface area contributed by atoms with Crippen LogP contribution in [0.4, 0.5) is 4.39 Å². The minimum Gasteiger partial charge on any atom is -0.289 e. The monoisotopic (exact) mass is 361 g/mol. The van der Waals surface area contributed by atoms with Crippen molar-refractivity contribution in [1.29, 1.82) is 0 Å². The van der Waals surface area contributed by atoms with Crippen LogP contribution in [-0.4, -0.2) is 10.8 Å². The van der Waals surface area contributed by atoms with Crippen LogP contribution < -0.4 is 0 Å². The molecule has 0 bridgehead atoms. The second-order valence-corrected chi connectivity index (χ2v) is 4.94. The summed E-state index contributed by atoms with van der Waals surface area (Å²) in [6.45, 7) is 0. The molecule has 0 fully saturated rings. The molecule has 1 aromatic carbocycles. The Hall–Kier alpha value is -1.01. The number of carbonyl (C=O) groups excluding carboxylic acids is 1. The number of rotatable bonds is 2. The molecule has 2 nitrogen and oxygen atoms in total. The topological polar surface area (TPSA) is 30.0 Å². The van der Waals surface area contributed by atoms with Gasteiger partial charge >= 0.3 is 0 Å². The number of carbonyl (C=O) groups is 1. The number of ketones is 1. The molecule has 2 rings (SSSR count). The first-order chi connectivity index (χ1) is 8.08. The summed E-state index contributed by atoms with van der Waals surface area (Å²) >= 11 is 7.87. The van der Waals surface area contributed by atoms with Gasteiger partial charge in [0.05, 0.1) is 6.20 Å². The summed E-state index contributed by atoms with van der Waals surface area (Å²) in [5.74, 6) is -0.822. The molecule has 86 valence electrons. The lowest BCUT2D eigenvalue weighted by atomic mass is 10.1. The Kier molecular flexibility index (Phi) is 3.73. The Bertz CT molecular complexity index is 588. The number of pyridine rings is 1. The van der Waals surface area contributed by atoms with Gasteiger partial charge in [-0.05, 0) is 46.9 Å². The average molecular weight is 362 g/mol. The molecule has 1 aromatic heterocycles. The largest absolute Gasteiger partial charge is 0.289 e. The van der Waals surface area contributed by atoms with Crippen LogP contribution in [0.1, 0.15) is 15.9 Å². The maximum absolute atomic E-state index is 13.0. The van der Waals surface area contributed by atoms with Gasteiger partial charge < -0.3 is 0 Å². The van der Waals surface area contributed by atoms with Crippen LogP contribution in [0.2, 0.25) is 5.02 Å². The van der Waals surface area contributed by atoms with Gasteiger partial charge in [-0.2, -0.15) is 0 Å². The van der Waals surface area contributed by atoms with E-state index in [2.05, 4.69) is 4.98 Å². The van der Waals surface area contributed by atoms with Crippen molar-refractivity contribution in [3.8, 4) is 0 Å². The smallest absolute Gasteiger partial charge is 0.195 e. The van der Waals surface area contributed by atoms with E-state index < -0.39 is 5.82 Å². The highest BCUT2D eigenvalue weighted by Gasteiger charge is 2.14. The van der Waals surface area contributed by atoms with Crippen molar-refractivity contribution in [2.45, 2.75) is 0 Å². The highest BCUT2D eigenvalue weighted by Crippen LogP contribution is 2.21. The van der Waals surface area contributed by atoms with E-state index >= 15 is 0 Å². The summed E-state index contributed by atoms with van der Waals surface area (Å²) < 4.78 is 13.7. The molecule has 1 heterocycles. The molecular weight excluding hydrogens is 355 g/mol. The average Bonchev–Trinajstić information content (AvgIpc) is 2.31. The number of hydrogen-bond donors (Lipinski definition) is 0. The molecular formula is C12H6ClFINO. The van der Waals surface area contributed by atoms with Crippen molar-refractivity contribution in [3.63, 3.8) is 0 Å². The molecule has 0 aliphatic rings. The zero-order valence-corrected chi connectivity index (χ0v) is 11.4. The lowest BCUT2D eigenvalue weighted by Crippen LogP contribution is -2.04. The molecule has 0 radical (unpaired) electrons. The van der Waals surface area contributed by atoms with Crippen LogP contribution in [0.3, 0.4) is 0 Å². The first-order valence-electron chi connectivity index (χ1n) is 4.68. The number of aromatic nitrogens is 1. The van der Waals surface area contributed by atoms with E-state index in [1.54, 1.807) is 18.2 Å². The molecule has 2 aromatic rings. The Morgan fingerprint density at radius 2 is 2.06 bits per heavy atom. The fourth-order valence-electron chi connectivity index (χ4n) is 1.36. The van der Waals surface area contributed by atoms with Gasteiger partial charge in [-0.1, -0.05) is 11.6 Å². The third-order valence-electron chi connectivity index (χ3n) is 2.14. The first kappa shape index (κ1) is 12.4. The minimum atomic E-state index is -0.534. The van der Waals surface area contributed by atoms with Gasteiger partial charge in [-0.15, -0.1) is 0 Å². The van der Waals surface area contributed by atoms with Crippen molar-refractivity contribution in [2.75, 3.05) is 0 Å². The molecule has 0 saturated carbocycles. The Morgan fingerprint density at radius 3 is 2.76 bits per heavy atom. The summed E-state index contributed by atoms with van der Waals surface area (Å²) in [6, 6.07) is 6.16. The van der Waals surface area contributed by atoms with E-state index in [0.29, 0.717) is 10.6 Å². The lowest BCUT2D eigenvalue weighted by molar-refractivity contribution is 0.103. The number of halogens is 3. The van der Waals surface area contributed by atoms with Crippen LogP contribution in [0.15, 0.2) is 36.7 Å². The molecule has 0 amide bonds. The Balaban J connectivity index is 2.47. The molecule has 0 aliphatic carbocycles. The normalized spacial score (nSPS) is 10.3. The summed E-state index contributed by atoms with van der Waals surface area (Å²) in [5, 5.41) is 0.470. The molecule has 0 N–H and O–H groups in total. The highest BCUT2D eigenvalue weighted by molar-refractivity contribution is 14.1. The lowest BCUT2D eigenvalue weighted by Gasteiger charge is -2.04. The maximum Gasteiger partial charge on any atom is 0.195 e. The van der Waals surface area contributed by atoms with Crippen molar-refractivity contribution < 1.29 is 9.18 Å². The summed E-state index contributed by atoms with van der Waals surface area (Å²) in [6.07, 6.45) is 2.39. The molecule has 0 spiro atoms. The van der Waals surface area contributed by atoms with Gasteiger partial charge in [0.2, 0.25) is 0 Å². The van der Waals surface area contributed by atoms with E-state index in [9.17, 15) is 9.18 Å². The van der Waals surface area contributed by atoms with Gasteiger partial charge in [-0.25, -0.2) is 4.39 Å². The maximum atomic E-state index is 13.0. The summed E-state index contributed by atoms with van der Waals surface area (Å²) in [4.78, 5) is 15.8. The van der Waals surface area contributed by atoms with Crippen LogP contribution in [0.25, 0.3) is 0 Å². The second-order valence-electron chi connectivity index (χ2n) is 3.35. The molecule has 0 saturated heterocycles. The van der Waals surface area contributed by atoms with Crippen molar-refractivity contribution in [1.82, 2.24) is 4.98 Å². The van der Waals surface area contributed by atoms with E-state index in [0.717, 1.165) is 15.8 Å². The predicted molar refractivity (Wildman–Crippen MR) is 71.8 cm³/mol. The van der Waals surface area contributed by atoms with Crippen molar-refractivity contribution >= 4 is 40.0 Å². The van der Waals surface area contributed by atoms with E-state index in [4.69, 9.17) is 11.6 Å². The first-order valence-corrected chi connectivity index (χ1v) is 6.14. The molecule has 5 heteroatoms. The second kappa shape index (κ2) is 5.10. The summed E-state index contributed by atoms with van der Waals surface area (Å²) in [5.41, 5.74) is 0.663. The van der Waals surface area contributed by atoms with Crippen LogP contribution in [0.5, 0.6) is 0 Å². The van der Waals surface area contributed by atoms with Gasteiger partial charge in [0, 0.05) is 25.9 Å². The van der Waals surface area contributed by atoms with Gasteiger partial charge in [-0.3, -0.25) is 9.78 Å².